The van der Waals surface area contributed by atoms with Gasteiger partial charge in [-0.25, -0.2) is 4.98 Å². The SMILES string of the molecule is CCCOc1ccc(C(=O)Nc2nc(-c3ccc(C)c(C)c3)c(C)s2)cc1. The molecule has 0 spiro atoms. The van der Waals surface area contributed by atoms with Crippen molar-refractivity contribution >= 4 is 22.4 Å². The molecule has 1 aromatic heterocycles. The van der Waals surface area contributed by atoms with Gasteiger partial charge in [-0.15, -0.1) is 11.3 Å². The zero-order chi connectivity index (χ0) is 19.4. The minimum Gasteiger partial charge on any atom is -0.494 e. The Kier molecular flexibility index (Phi) is 5.91. The van der Waals surface area contributed by atoms with Gasteiger partial charge in [0, 0.05) is 16.0 Å². The van der Waals surface area contributed by atoms with Crippen LogP contribution in [0.1, 0.15) is 39.7 Å². The van der Waals surface area contributed by atoms with E-state index in [0.717, 1.165) is 28.3 Å². The molecule has 0 unspecified atom stereocenters. The van der Waals surface area contributed by atoms with E-state index >= 15 is 0 Å². The van der Waals surface area contributed by atoms with Crippen LogP contribution in [0.15, 0.2) is 42.5 Å². The second-order valence-corrected chi connectivity index (χ2v) is 7.75. The minimum absolute atomic E-state index is 0.169. The van der Waals surface area contributed by atoms with Crippen LogP contribution in [0, 0.1) is 20.8 Å². The Bertz CT molecular complexity index is 945. The summed E-state index contributed by atoms with van der Waals surface area (Å²) in [6.45, 7) is 8.95. The monoisotopic (exact) mass is 380 g/mol. The lowest BCUT2D eigenvalue weighted by Crippen LogP contribution is -2.11. The number of hydrogen-bond acceptors (Lipinski definition) is 4. The molecule has 1 amide bonds. The van der Waals surface area contributed by atoms with Gasteiger partial charge in [-0.05, 0) is 68.7 Å². The number of ether oxygens (including phenoxy) is 1. The zero-order valence-electron chi connectivity index (χ0n) is 16.1. The molecule has 0 aliphatic heterocycles. The van der Waals surface area contributed by atoms with Crippen LogP contribution in [0.3, 0.4) is 0 Å². The zero-order valence-corrected chi connectivity index (χ0v) is 16.9. The normalized spacial score (nSPS) is 10.7. The number of aryl methyl sites for hydroxylation is 3. The molecule has 0 fully saturated rings. The van der Waals surface area contributed by atoms with Crippen molar-refractivity contribution in [3.05, 3.63) is 64.0 Å². The van der Waals surface area contributed by atoms with Crippen LogP contribution in [0.2, 0.25) is 0 Å². The van der Waals surface area contributed by atoms with Gasteiger partial charge < -0.3 is 4.74 Å². The fourth-order valence-corrected chi connectivity index (χ4v) is 3.53. The second kappa shape index (κ2) is 8.35. The molecule has 0 bridgehead atoms. The molecule has 5 heteroatoms. The third kappa shape index (κ3) is 4.55. The molecule has 0 aliphatic rings. The Labute approximate surface area is 164 Å². The van der Waals surface area contributed by atoms with Crippen LogP contribution in [-0.4, -0.2) is 17.5 Å². The molecule has 4 nitrogen and oxygen atoms in total. The number of benzene rings is 2. The standard InChI is InChI=1S/C22H24N2O2S/c1-5-12-26-19-10-8-17(9-11-19)21(25)24-22-23-20(16(4)27-22)18-7-6-14(2)15(3)13-18/h6-11,13H,5,12H2,1-4H3,(H,23,24,25). The molecule has 0 atom stereocenters. The van der Waals surface area contributed by atoms with Gasteiger partial charge in [0.1, 0.15) is 5.75 Å². The van der Waals surface area contributed by atoms with Gasteiger partial charge in [0.15, 0.2) is 5.13 Å². The average molecular weight is 381 g/mol. The highest BCUT2D eigenvalue weighted by molar-refractivity contribution is 7.16. The number of carbonyl (C=O) groups excluding carboxylic acids is 1. The highest BCUT2D eigenvalue weighted by Gasteiger charge is 2.14. The molecule has 1 heterocycles. The van der Waals surface area contributed by atoms with Crippen molar-refractivity contribution in [1.82, 2.24) is 4.98 Å². The predicted molar refractivity (Wildman–Crippen MR) is 112 cm³/mol. The van der Waals surface area contributed by atoms with E-state index in [4.69, 9.17) is 4.74 Å². The first-order chi connectivity index (χ1) is 13.0. The summed E-state index contributed by atoms with van der Waals surface area (Å²) in [4.78, 5) is 18.2. The average Bonchev–Trinajstić information content (AvgIpc) is 3.02. The van der Waals surface area contributed by atoms with E-state index in [-0.39, 0.29) is 5.91 Å². The summed E-state index contributed by atoms with van der Waals surface area (Å²) >= 11 is 1.49. The summed E-state index contributed by atoms with van der Waals surface area (Å²) in [5, 5.41) is 3.51. The van der Waals surface area contributed by atoms with E-state index in [9.17, 15) is 4.79 Å². The van der Waals surface area contributed by atoms with Gasteiger partial charge in [-0.1, -0.05) is 19.1 Å². The molecule has 3 aromatic rings. The lowest BCUT2D eigenvalue weighted by atomic mass is 10.0. The van der Waals surface area contributed by atoms with Crippen molar-refractivity contribution in [2.45, 2.75) is 34.1 Å². The van der Waals surface area contributed by atoms with Gasteiger partial charge in [-0.2, -0.15) is 0 Å². The van der Waals surface area contributed by atoms with Crippen LogP contribution in [-0.2, 0) is 0 Å². The predicted octanol–water partition coefficient (Wildman–Crippen LogP) is 5.78. The molecule has 0 saturated heterocycles. The van der Waals surface area contributed by atoms with E-state index in [0.29, 0.717) is 17.3 Å². The molecular formula is C22H24N2O2S. The summed E-state index contributed by atoms with van der Waals surface area (Å²) in [6, 6.07) is 13.5. The second-order valence-electron chi connectivity index (χ2n) is 6.55. The molecule has 0 saturated carbocycles. The number of rotatable bonds is 6. The molecule has 3 rings (SSSR count). The Morgan fingerprint density at radius 2 is 1.81 bits per heavy atom. The molecular weight excluding hydrogens is 356 g/mol. The molecule has 27 heavy (non-hydrogen) atoms. The van der Waals surface area contributed by atoms with E-state index in [1.54, 1.807) is 12.1 Å². The number of nitrogens with one attached hydrogen (secondary N) is 1. The Morgan fingerprint density at radius 3 is 2.48 bits per heavy atom. The fraction of sp³-hybridized carbons (Fsp3) is 0.273. The van der Waals surface area contributed by atoms with Crippen molar-refractivity contribution in [2.75, 3.05) is 11.9 Å². The lowest BCUT2D eigenvalue weighted by molar-refractivity contribution is 0.102. The van der Waals surface area contributed by atoms with Crippen LogP contribution >= 0.6 is 11.3 Å². The Morgan fingerprint density at radius 1 is 1.07 bits per heavy atom. The van der Waals surface area contributed by atoms with Crippen molar-refractivity contribution < 1.29 is 9.53 Å². The number of hydrogen-bond donors (Lipinski definition) is 1. The van der Waals surface area contributed by atoms with Crippen molar-refractivity contribution in [2.24, 2.45) is 0 Å². The van der Waals surface area contributed by atoms with Gasteiger partial charge in [-0.3, -0.25) is 10.1 Å². The Hall–Kier alpha value is -2.66. The molecule has 0 aliphatic carbocycles. The quantitative estimate of drug-likeness (QED) is 0.590. The van der Waals surface area contributed by atoms with E-state index in [2.05, 4.69) is 49.3 Å². The first-order valence-corrected chi connectivity index (χ1v) is 9.89. The fourth-order valence-electron chi connectivity index (χ4n) is 2.70. The lowest BCUT2D eigenvalue weighted by Gasteiger charge is -2.06. The van der Waals surface area contributed by atoms with Gasteiger partial charge in [0.2, 0.25) is 0 Å². The first kappa shape index (κ1) is 19.1. The van der Waals surface area contributed by atoms with Crippen LogP contribution < -0.4 is 10.1 Å². The first-order valence-electron chi connectivity index (χ1n) is 9.07. The number of amides is 1. The third-order valence-corrected chi connectivity index (χ3v) is 5.27. The molecule has 2 aromatic carbocycles. The number of aromatic nitrogens is 1. The highest BCUT2D eigenvalue weighted by Crippen LogP contribution is 2.31. The van der Waals surface area contributed by atoms with E-state index in [1.165, 1.54) is 22.5 Å². The summed E-state index contributed by atoms with van der Waals surface area (Å²) in [6.07, 6.45) is 0.953. The number of carbonyl (C=O) groups is 1. The van der Waals surface area contributed by atoms with Crippen LogP contribution in [0.25, 0.3) is 11.3 Å². The van der Waals surface area contributed by atoms with Gasteiger partial charge >= 0.3 is 0 Å². The Balaban J connectivity index is 1.74. The summed E-state index contributed by atoms with van der Waals surface area (Å²) in [5.74, 6) is 0.605. The van der Waals surface area contributed by atoms with Crippen molar-refractivity contribution in [1.29, 1.82) is 0 Å². The molecule has 0 radical (unpaired) electrons. The van der Waals surface area contributed by atoms with Crippen molar-refractivity contribution in [3.8, 4) is 17.0 Å². The minimum atomic E-state index is -0.169. The van der Waals surface area contributed by atoms with Gasteiger partial charge in [0.05, 0.1) is 12.3 Å². The largest absolute Gasteiger partial charge is 0.494 e. The van der Waals surface area contributed by atoms with Crippen LogP contribution in [0.5, 0.6) is 5.75 Å². The maximum absolute atomic E-state index is 12.5. The number of anilines is 1. The number of nitrogens with zero attached hydrogens (tertiary/aromatic N) is 1. The molecule has 1 N–H and O–H groups in total. The maximum Gasteiger partial charge on any atom is 0.257 e. The topological polar surface area (TPSA) is 51.2 Å². The van der Waals surface area contributed by atoms with E-state index in [1.807, 2.05) is 19.1 Å². The number of thiazole rings is 1. The van der Waals surface area contributed by atoms with E-state index < -0.39 is 0 Å². The van der Waals surface area contributed by atoms with Gasteiger partial charge in [0.25, 0.3) is 5.91 Å². The van der Waals surface area contributed by atoms with Crippen molar-refractivity contribution in [3.63, 3.8) is 0 Å². The smallest absolute Gasteiger partial charge is 0.257 e. The van der Waals surface area contributed by atoms with Crippen LogP contribution in [0.4, 0.5) is 5.13 Å². The molecule has 140 valence electrons. The third-order valence-electron chi connectivity index (χ3n) is 4.39. The summed E-state index contributed by atoms with van der Waals surface area (Å²) in [5.41, 5.74) is 5.06. The summed E-state index contributed by atoms with van der Waals surface area (Å²) < 4.78 is 5.55. The maximum atomic E-state index is 12.5. The summed E-state index contributed by atoms with van der Waals surface area (Å²) in [7, 11) is 0. The highest BCUT2D eigenvalue weighted by atomic mass is 32.1.